The molecule has 1 aromatic rings. The number of ether oxygens (including phenoxy) is 2. The highest BCUT2D eigenvalue weighted by atomic mass is 35.5. The molecule has 2 heterocycles. The third kappa shape index (κ3) is 9.10. The Morgan fingerprint density at radius 1 is 0.929 bits per heavy atom. The van der Waals surface area contributed by atoms with E-state index in [0.29, 0.717) is 12.0 Å². The van der Waals surface area contributed by atoms with Crippen LogP contribution in [0.15, 0.2) is 30.3 Å². The van der Waals surface area contributed by atoms with Crippen LogP contribution in [0.1, 0.15) is 26.7 Å². The zero-order chi connectivity index (χ0) is 20.0. The van der Waals surface area contributed by atoms with Gasteiger partial charge in [-0.2, -0.15) is 0 Å². The van der Waals surface area contributed by atoms with Crippen molar-refractivity contribution in [2.75, 3.05) is 70.2 Å². The molecule has 2 unspecified atom stereocenters. The monoisotopic (exact) mass is 411 g/mol. The van der Waals surface area contributed by atoms with Crippen molar-refractivity contribution >= 4 is 17.3 Å². The molecule has 0 bridgehead atoms. The molecule has 2 aliphatic rings. The number of likely N-dealkylation sites (N-methyl/N-ethyl adjacent to an activating group) is 2. The molecule has 2 atom stereocenters. The van der Waals surface area contributed by atoms with Crippen molar-refractivity contribution in [2.24, 2.45) is 0 Å². The summed E-state index contributed by atoms with van der Waals surface area (Å²) < 4.78 is 11.4. The summed E-state index contributed by atoms with van der Waals surface area (Å²) >= 11 is 5.72. The van der Waals surface area contributed by atoms with Crippen molar-refractivity contribution in [3.05, 3.63) is 30.3 Å². The number of halogens is 1. The smallest absolute Gasteiger partial charge is 0.0873 e. The van der Waals surface area contributed by atoms with Gasteiger partial charge in [-0.1, -0.05) is 32.0 Å². The molecule has 0 aliphatic carbocycles. The maximum Gasteiger partial charge on any atom is 0.0873 e. The molecular weight excluding hydrogens is 374 g/mol. The molecule has 0 spiro atoms. The normalized spacial score (nSPS) is 24.5. The van der Waals surface area contributed by atoms with E-state index in [4.69, 9.17) is 21.1 Å². The molecule has 2 aliphatic heterocycles. The number of rotatable bonds is 6. The molecule has 0 radical (unpaired) electrons. The van der Waals surface area contributed by atoms with Gasteiger partial charge in [-0.05, 0) is 38.1 Å². The summed E-state index contributed by atoms with van der Waals surface area (Å²) in [7, 11) is 0. The van der Waals surface area contributed by atoms with E-state index in [9.17, 15) is 0 Å². The molecule has 5 nitrogen and oxygen atoms in total. The van der Waals surface area contributed by atoms with Crippen molar-refractivity contribution in [1.29, 1.82) is 0 Å². The fourth-order valence-corrected chi connectivity index (χ4v) is 3.71. The van der Waals surface area contributed by atoms with Crippen LogP contribution in [0.2, 0.25) is 0 Å². The Labute approximate surface area is 176 Å². The molecule has 1 aromatic carbocycles. The molecule has 0 saturated carbocycles. The van der Waals surface area contributed by atoms with Gasteiger partial charge >= 0.3 is 0 Å². The number of para-hydroxylation sites is 1. The third-order valence-corrected chi connectivity index (χ3v) is 5.59. The van der Waals surface area contributed by atoms with Crippen LogP contribution in [0.3, 0.4) is 0 Å². The number of nitrogens with zero attached hydrogens (tertiary/aromatic N) is 2. The first kappa shape index (κ1) is 23.4. The minimum atomic E-state index is 0.249. The molecule has 160 valence electrons. The number of hydrogen-bond donors (Lipinski definition) is 1. The first-order valence-electron chi connectivity index (χ1n) is 10.8. The van der Waals surface area contributed by atoms with Gasteiger partial charge in [0.15, 0.2) is 0 Å². The van der Waals surface area contributed by atoms with E-state index >= 15 is 0 Å². The van der Waals surface area contributed by atoms with Gasteiger partial charge in [0.2, 0.25) is 0 Å². The zero-order valence-corrected chi connectivity index (χ0v) is 18.4. The van der Waals surface area contributed by atoms with Gasteiger partial charge in [-0.25, -0.2) is 0 Å². The molecule has 6 heteroatoms. The number of nitrogens with one attached hydrogen (secondary N) is 1. The quantitative estimate of drug-likeness (QED) is 0.724. The van der Waals surface area contributed by atoms with Gasteiger partial charge in [0.25, 0.3) is 0 Å². The summed E-state index contributed by atoms with van der Waals surface area (Å²) in [5.74, 6) is 0.622. The highest BCUT2D eigenvalue weighted by Crippen LogP contribution is 2.09. The van der Waals surface area contributed by atoms with Crippen LogP contribution in [0.5, 0.6) is 0 Å². The second-order valence-corrected chi connectivity index (χ2v) is 7.69. The topological polar surface area (TPSA) is 37.0 Å². The van der Waals surface area contributed by atoms with Crippen LogP contribution in [0.25, 0.3) is 0 Å². The van der Waals surface area contributed by atoms with Crippen LogP contribution in [-0.2, 0) is 9.47 Å². The number of benzene rings is 1. The van der Waals surface area contributed by atoms with Gasteiger partial charge in [0, 0.05) is 57.5 Å². The first-order valence-corrected chi connectivity index (χ1v) is 11.3. The van der Waals surface area contributed by atoms with Crippen molar-refractivity contribution in [3.63, 3.8) is 0 Å². The summed E-state index contributed by atoms with van der Waals surface area (Å²) in [6.07, 6.45) is 2.84. The third-order valence-electron chi connectivity index (χ3n) is 5.24. The molecule has 2 saturated heterocycles. The Morgan fingerprint density at radius 3 is 2.07 bits per heavy atom. The average Bonchev–Trinajstić information content (AvgIpc) is 3.13. The second-order valence-electron chi connectivity index (χ2n) is 7.38. The molecule has 3 rings (SSSR count). The Balaban J connectivity index is 0.000000221. The van der Waals surface area contributed by atoms with Gasteiger partial charge in [-0.3, -0.25) is 0 Å². The fourth-order valence-electron chi connectivity index (χ4n) is 3.52. The Morgan fingerprint density at radius 2 is 1.50 bits per heavy atom. The van der Waals surface area contributed by atoms with Crippen LogP contribution in [0.4, 0.5) is 5.69 Å². The van der Waals surface area contributed by atoms with Gasteiger partial charge < -0.3 is 24.6 Å². The minimum absolute atomic E-state index is 0.249. The summed E-state index contributed by atoms with van der Waals surface area (Å²) in [5, 5.41) is 3.44. The van der Waals surface area contributed by atoms with E-state index in [1.54, 1.807) is 0 Å². The lowest BCUT2D eigenvalue weighted by molar-refractivity contribution is 0.0642. The zero-order valence-electron chi connectivity index (χ0n) is 17.6. The van der Waals surface area contributed by atoms with Crippen molar-refractivity contribution < 1.29 is 9.47 Å². The summed E-state index contributed by atoms with van der Waals surface area (Å²) in [6.45, 7) is 13.6. The highest BCUT2D eigenvalue weighted by Gasteiger charge is 2.17. The van der Waals surface area contributed by atoms with E-state index in [2.05, 4.69) is 53.2 Å². The van der Waals surface area contributed by atoms with Crippen LogP contribution >= 0.6 is 11.6 Å². The van der Waals surface area contributed by atoms with E-state index in [0.717, 1.165) is 65.3 Å². The van der Waals surface area contributed by atoms with E-state index in [1.165, 1.54) is 12.2 Å². The lowest BCUT2D eigenvalue weighted by Crippen LogP contribution is -2.35. The van der Waals surface area contributed by atoms with Gasteiger partial charge in [0.1, 0.15) is 0 Å². The van der Waals surface area contributed by atoms with E-state index < -0.39 is 0 Å². The first-order chi connectivity index (χ1) is 13.7. The minimum Gasteiger partial charge on any atom is -0.382 e. The summed E-state index contributed by atoms with van der Waals surface area (Å²) in [5.41, 5.74) is 1.17. The molecule has 2 fully saturated rings. The largest absolute Gasteiger partial charge is 0.382 e. The number of hydrogen-bond acceptors (Lipinski definition) is 5. The predicted octanol–water partition coefficient (Wildman–Crippen LogP) is 3.55. The Kier molecular flexibility index (Phi) is 11.9. The van der Waals surface area contributed by atoms with Crippen molar-refractivity contribution in [1.82, 2.24) is 9.80 Å². The lowest BCUT2D eigenvalue weighted by Gasteiger charge is -2.22. The molecular formula is C22H38ClN3O2. The van der Waals surface area contributed by atoms with E-state index in [1.807, 2.05) is 6.07 Å². The Hall–Kier alpha value is -0.850. The molecule has 1 N–H and O–H groups in total. The SMILES string of the molecule is CCN1CCCOC(CCl)C1.CCN1CCCOC(CNc2ccccc2)C1. The van der Waals surface area contributed by atoms with Gasteiger partial charge in [0.05, 0.1) is 12.2 Å². The number of anilines is 1. The standard InChI is InChI=1S/C14H22N2O.C8H16ClNO/c1-2-16-9-6-10-17-14(12-16)11-15-13-7-4-3-5-8-13;1-2-10-4-3-5-11-8(6-9)7-10/h3-5,7-8,14-15H,2,6,9-12H2,1H3;8H,2-7H2,1H3. The molecule has 0 aromatic heterocycles. The fraction of sp³-hybridized carbons (Fsp3) is 0.727. The maximum absolute atomic E-state index is 5.85. The van der Waals surface area contributed by atoms with E-state index in [-0.39, 0.29) is 6.10 Å². The summed E-state index contributed by atoms with van der Waals surface area (Å²) in [6, 6.07) is 10.3. The van der Waals surface area contributed by atoms with Gasteiger partial charge in [-0.15, -0.1) is 11.6 Å². The highest BCUT2D eigenvalue weighted by molar-refractivity contribution is 6.18. The molecule has 0 amide bonds. The molecule has 28 heavy (non-hydrogen) atoms. The van der Waals surface area contributed by atoms with Crippen LogP contribution < -0.4 is 5.32 Å². The second kappa shape index (κ2) is 14.2. The van der Waals surface area contributed by atoms with Crippen LogP contribution in [-0.4, -0.2) is 86.9 Å². The Bertz CT molecular complexity index is 494. The number of alkyl halides is 1. The average molecular weight is 412 g/mol. The van der Waals surface area contributed by atoms with Crippen molar-refractivity contribution in [3.8, 4) is 0 Å². The predicted molar refractivity (Wildman–Crippen MR) is 119 cm³/mol. The summed E-state index contributed by atoms with van der Waals surface area (Å²) in [4.78, 5) is 4.85. The van der Waals surface area contributed by atoms with Crippen molar-refractivity contribution in [2.45, 2.75) is 38.9 Å². The van der Waals surface area contributed by atoms with Crippen LogP contribution in [0, 0.1) is 0 Å². The maximum atomic E-state index is 5.85. The lowest BCUT2D eigenvalue weighted by atomic mass is 10.3.